The predicted molar refractivity (Wildman–Crippen MR) is 104 cm³/mol. The molecule has 8 heteroatoms. The van der Waals surface area contributed by atoms with Crippen molar-refractivity contribution in [1.29, 1.82) is 0 Å². The molecule has 1 amide bonds. The Kier molecular flexibility index (Phi) is 4.00. The summed E-state index contributed by atoms with van der Waals surface area (Å²) in [6.07, 6.45) is 4.25. The van der Waals surface area contributed by atoms with E-state index in [0.29, 0.717) is 30.5 Å². The number of hydrogen-bond donors (Lipinski definition) is 1. The Morgan fingerprint density at radius 3 is 2.83 bits per heavy atom. The molecule has 6 rings (SSSR count). The van der Waals surface area contributed by atoms with Gasteiger partial charge in [-0.05, 0) is 48.8 Å². The normalized spacial score (nSPS) is 25.4. The number of nitrogens with one attached hydrogen (secondary N) is 1. The maximum atomic E-state index is 12.6. The molecule has 0 radical (unpaired) electrons. The Balaban J connectivity index is 1.13. The largest absolute Gasteiger partial charge is 0.454 e. The molecule has 2 atom stereocenters. The topological polar surface area (TPSA) is 81.5 Å². The molecule has 1 aromatic carbocycles. The standard InChI is InChI=1S/C21H25N5O3/c27-21(22-16-2-1-3-16)20-24-23-19-7-14-9-25(10-15(14)11-26(19)20)8-13-4-5-17-18(6-13)29-12-28-17/h4-6,14-16H,1-3,7-12H2,(H,22,27)/t14-,15+/m1/s1. The highest BCUT2D eigenvalue weighted by molar-refractivity contribution is 5.91. The fraction of sp³-hybridized carbons (Fsp3) is 0.571. The molecule has 0 spiro atoms. The number of amides is 1. The van der Waals surface area contributed by atoms with Crippen LogP contribution in [0.15, 0.2) is 18.2 Å². The van der Waals surface area contributed by atoms with E-state index in [1.165, 1.54) is 12.0 Å². The van der Waals surface area contributed by atoms with Gasteiger partial charge in [-0.3, -0.25) is 9.69 Å². The first-order valence-electron chi connectivity index (χ1n) is 10.6. The number of fused-ring (bicyclic) bond motifs is 3. The molecule has 4 aliphatic rings. The number of carbonyl (C=O) groups is 1. The second-order valence-electron chi connectivity index (χ2n) is 8.76. The first-order chi connectivity index (χ1) is 14.2. The Labute approximate surface area is 169 Å². The maximum Gasteiger partial charge on any atom is 0.289 e. The molecule has 1 N–H and O–H groups in total. The number of rotatable bonds is 4. The van der Waals surface area contributed by atoms with Crippen molar-refractivity contribution in [3.05, 3.63) is 35.4 Å². The van der Waals surface area contributed by atoms with E-state index in [4.69, 9.17) is 9.47 Å². The Morgan fingerprint density at radius 1 is 1.10 bits per heavy atom. The van der Waals surface area contributed by atoms with Crippen molar-refractivity contribution >= 4 is 5.91 Å². The molecule has 29 heavy (non-hydrogen) atoms. The van der Waals surface area contributed by atoms with Gasteiger partial charge in [-0.1, -0.05) is 6.07 Å². The van der Waals surface area contributed by atoms with Crippen LogP contribution in [0.25, 0.3) is 0 Å². The van der Waals surface area contributed by atoms with Crippen LogP contribution >= 0.6 is 0 Å². The lowest BCUT2D eigenvalue weighted by Crippen LogP contribution is -2.41. The molecule has 8 nitrogen and oxygen atoms in total. The van der Waals surface area contributed by atoms with Crippen LogP contribution < -0.4 is 14.8 Å². The first-order valence-corrected chi connectivity index (χ1v) is 10.6. The van der Waals surface area contributed by atoms with E-state index in [1.807, 2.05) is 6.07 Å². The molecule has 1 saturated carbocycles. The minimum atomic E-state index is -0.0675. The minimum absolute atomic E-state index is 0.0675. The van der Waals surface area contributed by atoms with Gasteiger partial charge in [-0.25, -0.2) is 0 Å². The summed E-state index contributed by atoms with van der Waals surface area (Å²) in [6, 6.07) is 6.51. The fourth-order valence-corrected chi connectivity index (χ4v) is 5.02. The maximum absolute atomic E-state index is 12.6. The Morgan fingerprint density at radius 2 is 1.97 bits per heavy atom. The predicted octanol–water partition coefficient (Wildman–Crippen LogP) is 1.59. The molecular weight excluding hydrogens is 370 g/mol. The van der Waals surface area contributed by atoms with Gasteiger partial charge in [0, 0.05) is 38.6 Å². The molecule has 3 aliphatic heterocycles. The van der Waals surface area contributed by atoms with Crippen LogP contribution in [0.1, 0.15) is 41.3 Å². The molecule has 1 saturated heterocycles. The van der Waals surface area contributed by atoms with Crippen LogP contribution in [-0.2, 0) is 19.5 Å². The van der Waals surface area contributed by atoms with Crippen LogP contribution in [-0.4, -0.2) is 51.5 Å². The van der Waals surface area contributed by atoms with Gasteiger partial charge < -0.3 is 19.4 Å². The zero-order chi connectivity index (χ0) is 19.4. The molecule has 2 aromatic rings. The number of aromatic nitrogens is 3. The summed E-state index contributed by atoms with van der Waals surface area (Å²) in [5, 5.41) is 11.7. The van der Waals surface area contributed by atoms with E-state index in [0.717, 1.165) is 62.8 Å². The Hall–Kier alpha value is -2.61. The van der Waals surface area contributed by atoms with Crippen molar-refractivity contribution in [2.75, 3.05) is 19.9 Å². The quantitative estimate of drug-likeness (QED) is 0.847. The Bertz CT molecular complexity index is 954. The lowest BCUT2D eigenvalue weighted by atomic mass is 9.89. The van der Waals surface area contributed by atoms with E-state index in [-0.39, 0.29) is 5.91 Å². The number of carbonyl (C=O) groups excluding carboxylic acids is 1. The average Bonchev–Trinajstić information content (AvgIpc) is 3.39. The third-order valence-corrected chi connectivity index (χ3v) is 6.83. The van der Waals surface area contributed by atoms with Crippen LogP contribution in [0.5, 0.6) is 11.5 Å². The summed E-state index contributed by atoms with van der Waals surface area (Å²) in [5.74, 6) is 4.14. The smallest absolute Gasteiger partial charge is 0.289 e. The van der Waals surface area contributed by atoms with Gasteiger partial charge in [-0.15, -0.1) is 10.2 Å². The molecule has 0 unspecified atom stereocenters. The number of ether oxygens (including phenoxy) is 2. The van der Waals surface area contributed by atoms with Crippen molar-refractivity contribution in [2.45, 2.75) is 44.8 Å². The minimum Gasteiger partial charge on any atom is -0.454 e. The molecule has 0 bridgehead atoms. The molecule has 152 valence electrons. The van der Waals surface area contributed by atoms with E-state index in [9.17, 15) is 4.79 Å². The molecule has 2 fully saturated rings. The number of likely N-dealkylation sites (tertiary alicyclic amines) is 1. The number of benzene rings is 1. The van der Waals surface area contributed by atoms with E-state index >= 15 is 0 Å². The third kappa shape index (κ3) is 3.06. The second-order valence-corrected chi connectivity index (χ2v) is 8.76. The summed E-state index contributed by atoms with van der Waals surface area (Å²) in [7, 11) is 0. The lowest BCUT2D eigenvalue weighted by Gasteiger charge is -2.28. The highest BCUT2D eigenvalue weighted by Gasteiger charge is 2.39. The monoisotopic (exact) mass is 395 g/mol. The second kappa shape index (κ2) is 6.73. The summed E-state index contributed by atoms with van der Waals surface area (Å²) in [6.45, 7) is 4.12. The molecule has 1 aliphatic carbocycles. The first kappa shape index (κ1) is 17.3. The lowest BCUT2D eigenvalue weighted by molar-refractivity contribution is 0.0898. The van der Waals surface area contributed by atoms with E-state index in [2.05, 4.69) is 37.1 Å². The molecule has 1 aromatic heterocycles. The van der Waals surface area contributed by atoms with Gasteiger partial charge in [0.25, 0.3) is 5.91 Å². The summed E-state index contributed by atoms with van der Waals surface area (Å²) >= 11 is 0. The summed E-state index contributed by atoms with van der Waals surface area (Å²) in [5.41, 5.74) is 1.24. The van der Waals surface area contributed by atoms with E-state index in [1.54, 1.807) is 0 Å². The summed E-state index contributed by atoms with van der Waals surface area (Å²) < 4.78 is 13.0. The zero-order valence-corrected chi connectivity index (χ0v) is 16.3. The average molecular weight is 395 g/mol. The van der Waals surface area contributed by atoms with Crippen LogP contribution in [0.3, 0.4) is 0 Å². The number of hydrogen-bond acceptors (Lipinski definition) is 6. The van der Waals surface area contributed by atoms with Gasteiger partial charge in [0.05, 0.1) is 0 Å². The number of nitrogens with zero attached hydrogens (tertiary/aromatic N) is 4. The van der Waals surface area contributed by atoms with Crippen molar-refractivity contribution in [2.24, 2.45) is 11.8 Å². The van der Waals surface area contributed by atoms with Gasteiger partial charge in [0.2, 0.25) is 12.6 Å². The van der Waals surface area contributed by atoms with Gasteiger partial charge in [-0.2, -0.15) is 0 Å². The van der Waals surface area contributed by atoms with Gasteiger partial charge >= 0.3 is 0 Å². The van der Waals surface area contributed by atoms with Crippen LogP contribution in [0.2, 0.25) is 0 Å². The van der Waals surface area contributed by atoms with Crippen molar-refractivity contribution in [1.82, 2.24) is 25.0 Å². The zero-order valence-electron chi connectivity index (χ0n) is 16.3. The molecular formula is C21H25N5O3. The SMILES string of the molecule is O=C(NC1CCC1)c1nnc2n1C[C@@H]1CN(Cc3ccc4c(c3)OCO4)C[C@H]1C2. The van der Waals surface area contributed by atoms with E-state index < -0.39 is 0 Å². The summed E-state index contributed by atoms with van der Waals surface area (Å²) in [4.78, 5) is 15.1. The third-order valence-electron chi connectivity index (χ3n) is 6.83. The van der Waals surface area contributed by atoms with Gasteiger partial charge in [0.15, 0.2) is 11.5 Å². The van der Waals surface area contributed by atoms with Crippen molar-refractivity contribution in [3.63, 3.8) is 0 Å². The van der Waals surface area contributed by atoms with Crippen molar-refractivity contribution < 1.29 is 14.3 Å². The van der Waals surface area contributed by atoms with Gasteiger partial charge in [0.1, 0.15) is 5.82 Å². The highest BCUT2D eigenvalue weighted by Crippen LogP contribution is 2.36. The highest BCUT2D eigenvalue weighted by atomic mass is 16.7. The van der Waals surface area contributed by atoms with Crippen molar-refractivity contribution in [3.8, 4) is 11.5 Å². The molecule has 4 heterocycles. The van der Waals surface area contributed by atoms with Crippen LogP contribution in [0, 0.1) is 11.8 Å². The fourth-order valence-electron chi connectivity index (χ4n) is 5.02. The van der Waals surface area contributed by atoms with Crippen LogP contribution in [0.4, 0.5) is 0 Å².